The summed E-state index contributed by atoms with van der Waals surface area (Å²) in [6, 6.07) is 14.7. The minimum atomic E-state index is -0.152. The van der Waals surface area contributed by atoms with E-state index < -0.39 is 0 Å². The molecule has 1 aromatic heterocycles. The summed E-state index contributed by atoms with van der Waals surface area (Å²) in [4.78, 5) is 16.5. The summed E-state index contributed by atoms with van der Waals surface area (Å²) in [5, 5.41) is 3.74. The Morgan fingerprint density at radius 2 is 1.86 bits per heavy atom. The maximum Gasteiger partial charge on any atom is 0.255 e. The number of fused-ring (bicyclic) bond motifs is 1. The number of carbonyl (C=O) groups is 1. The van der Waals surface area contributed by atoms with Crippen LogP contribution in [0.1, 0.15) is 10.4 Å². The molecule has 3 N–H and O–H groups in total. The number of benzene rings is 2. The number of anilines is 2. The van der Waals surface area contributed by atoms with Crippen LogP contribution >= 0.6 is 22.6 Å². The Hall–Kier alpha value is -2.15. The number of pyridine rings is 1. The molecule has 0 aliphatic rings. The van der Waals surface area contributed by atoms with Crippen LogP contribution in [0.15, 0.2) is 54.7 Å². The van der Waals surface area contributed by atoms with Crippen LogP contribution in [0.2, 0.25) is 0 Å². The first-order valence-corrected chi connectivity index (χ1v) is 7.43. The summed E-state index contributed by atoms with van der Waals surface area (Å²) in [5.41, 5.74) is 8.51. The zero-order chi connectivity index (χ0) is 14.8. The van der Waals surface area contributed by atoms with E-state index in [0.717, 1.165) is 8.96 Å². The number of rotatable bonds is 2. The van der Waals surface area contributed by atoms with E-state index in [0.29, 0.717) is 22.5 Å². The van der Waals surface area contributed by atoms with Gasteiger partial charge in [-0.2, -0.15) is 0 Å². The molecule has 0 aliphatic carbocycles. The number of amides is 1. The lowest BCUT2D eigenvalue weighted by molar-refractivity contribution is 0.102. The molecule has 0 spiro atoms. The van der Waals surface area contributed by atoms with Gasteiger partial charge in [-0.15, -0.1) is 0 Å². The molecule has 21 heavy (non-hydrogen) atoms. The first-order chi connectivity index (χ1) is 10.1. The topological polar surface area (TPSA) is 68.0 Å². The van der Waals surface area contributed by atoms with Crippen molar-refractivity contribution in [2.45, 2.75) is 0 Å². The number of nitrogen functional groups attached to an aromatic ring is 1. The fraction of sp³-hybridized carbons (Fsp3) is 0. The highest BCUT2D eigenvalue weighted by Gasteiger charge is 2.10. The van der Waals surface area contributed by atoms with Crippen LogP contribution in [-0.4, -0.2) is 10.9 Å². The van der Waals surface area contributed by atoms with Crippen molar-refractivity contribution in [2.75, 3.05) is 11.1 Å². The summed E-state index contributed by atoms with van der Waals surface area (Å²) in [5.74, 6) is -0.152. The van der Waals surface area contributed by atoms with E-state index >= 15 is 0 Å². The van der Waals surface area contributed by atoms with E-state index in [1.165, 1.54) is 0 Å². The average Bonchev–Trinajstić information content (AvgIpc) is 2.51. The molecule has 5 heteroatoms. The molecule has 4 nitrogen and oxygen atoms in total. The molecule has 0 bridgehead atoms. The molecule has 3 aromatic rings. The summed E-state index contributed by atoms with van der Waals surface area (Å²) in [6.45, 7) is 0. The molecule has 0 unspecified atom stereocenters. The molecule has 2 aromatic carbocycles. The van der Waals surface area contributed by atoms with Gasteiger partial charge in [-0.3, -0.25) is 9.78 Å². The fourth-order valence-electron chi connectivity index (χ4n) is 2.10. The molecule has 0 saturated carbocycles. The van der Waals surface area contributed by atoms with Gasteiger partial charge in [0.2, 0.25) is 0 Å². The van der Waals surface area contributed by atoms with Crippen LogP contribution in [0.5, 0.6) is 0 Å². The smallest absolute Gasteiger partial charge is 0.255 e. The highest BCUT2D eigenvalue weighted by molar-refractivity contribution is 14.1. The minimum Gasteiger partial charge on any atom is -0.397 e. The van der Waals surface area contributed by atoms with Crippen LogP contribution in [0.4, 0.5) is 11.4 Å². The van der Waals surface area contributed by atoms with Gasteiger partial charge >= 0.3 is 0 Å². The monoisotopic (exact) mass is 389 g/mol. The fourth-order valence-corrected chi connectivity index (χ4v) is 2.46. The van der Waals surface area contributed by atoms with Gasteiger partial charge in [0.05, 0.1) is 16.9 Å². The molecule has 104 valence electrons. The van der Waals surface area contributed by atoms with E-state index in [9.17, 15) is 4.79 Å². The first kappa shape index (κ1) is 13.8. The molecule has 0 fully saturated rings. The van der Waals surface area contributed by atoms with E-state index in [2.05, 4.69) is 32.9 Å². The molecule has 0 saturated heterocycles. The number of carbonyl (C=O) groups excluding carboxylic acids is 1. The molecular formula is C16H12IN3O. The second-order valence-corrected chi connectivity index (χ2v) is 5.81. The number of halogens is 1. The summed E-state index contributed by atoms with van der Waals surface area (Å²) < 4.78 is 1.09. The molecule has 1 amide bonds. The zero-order valence-electron chi connectivity index (χ0n) is 11.0. The van der Waals surface area contributed by atoms with Crippen molar-refractivity contribution in [3.8, 4) is 0 Å². The van der Waals surface area contributed by atoms with Gasteiger partial charge in [0.1, 0.15) is 0 Å². The van der Waals surface area contributed by atoms with Crippen molar-refractivity contribution in [1.29, 1.82) is 0 Å². The second-order valence-electron chi connectivity index (χ2n) is 4.56. The van der Waals surface area contributed by atoms with E-state index in [1.54, 1.807) is 30.5 Å². The predicted molar refractivity (Wildman–Crippen MR) is 93.3 cm³/mol. The van der Waals surface area contributed by atoms with Crippen molar-refractivity contribution < 1.29 is 4.79 Å². The van der Waals surface area contributed by atoms with E-state index in [4.69, 9.17) is 5.73 Å². The van der Waals surface area contributed by atoms with Crippen LogP contribution in [0, 0.1) is 3.57 Å². The molecule has 1 heterocycles. The lowest BCUT2D eigenvalue weighted by atomic mass is 10.1. The average molecular weight is 389 g/mol. The maximum atomic E-state index is 12.3. The molecule has 0 atom stereocenters. The highest BCUT2D eigenvalue weighted by atomic mass is 127. The standard InChI is InChI=1S/C16H12IN3O/c17-11-5-3-10(4-6-11)16(21)20-14-8-7-13(18)15-12(14)2-1-9-19-15/h1-9H,18H2,(H,20,21). The van der Waals surface area contributed by atoms with Gasteiger partial charge in [-0.1, -0.05) is 0 Å². The number of hydrogen-bond donors (Lipinski definition) is 2. The van der Waals surface area contributed by atoms with Gasteiger partial charge in [0.15, 0.2) is 0 Å². The van der Waals surface area contributed by atoms with Gasteiger partial charge < -0.3 is 11.1 Å². The Morgan fingerprint density at radius 3 is 2.62 bits per heavy atom. The van der Waals surface area contributed by atoms with Crippen LogP contribution in [0.3, 0.4) is 0 Å². The summed E-state index contributed by atoms with van der Waals surface area (Å²) >= 11 is 2.20. The summed E-state index contributed by atoms with van der Waals surface area (Å²) in [7, 11) is 0. The van der Waals surface area contributed by atoms with Crippen LogP contribution in [-0.2, 0) is 0 Å². The van der Waals surface area contributed by atoms with E-state index in [1.807, 2.05) is 24.3 Å². The van der Waals surface area contributed by atoms with Gasteiger partial charge in [0.25, 0.3) is 5.91 Å². The van der Waals surface area contributed by atoms with Crippen molar-refractivity contribution >= 4 is 50.8 Å². The van der Waals surface area contributed by atoms with Gasteiger partial charge in [-0.25, -0.2) is 0 Å². The normalized spacial score (nSPS) is 10.5. The third-order valence-electron chi connectivity index (χ3n) is 3.16. The first-order valence-electron chi connectivity index (χ1n) is 6.35. The van der Waals surface area contributed by atoms with E-state index in [-0.39, 0.29) is 5.91 Å². The molecule has 3 rings (SSSR count). The van der Waals surface area contributed by atoms with Crippen molar-refractivity contribution in [2.24, 2.45) is 0 Å². The second kappa shape index (κ2) is 5.69. The largest absolute Gasteiger partial charge is 0.397 e. The Balaban J connectivity index is 1.97. The Labute approximate surface area is 135 Å². The van der Waals surface area contributed by atoms with Crippen LogP contribution < -0.4 is 11.1 Å². The predicted octanol–water partition coefficient (Wildman–Crippen LogP) is 3.67. The number of nitrogens with two attached hydrogens (primary N) is 1. The SMILES string of the molecule is Nc1ccc(NC(=O)c2ccc(I)cc2)c2cccnc12. The van der Waals surface area contributed by atoms with Crippen molar-refractivity contribution in [1.82, 2.24) is 4.98 Å². The molecule has 0 aliphatic heterocycles. The quantitative estimate of drug-likeness (QED) is 0.519. The van der Waals surface area contributed by atoms with Gasteiger partial charge in [0, 0.05) is 20.7 Å². The third kappa shape index (κ3) is 2.82. The van der Waals surface area contributed by atoms with Crippen molar-refractivity contribution in [3.05, 3.63) is 63.9 Å². The maximum absolute atomic E-state index is 12.3. The van der Waals surface area contributed by atoms with Crippen molar-refractivity contribution in [3.63, 3.8) is 0 Å². The Bertz CT molecular complexity index is 815. The summed E-state index contributed by atoms with van der Waals surface area (Å²) in [6.07, 6.45) is 1.68. The molecule has 0 radical (unpaired) electrons. The Kier molecular flexibility index (Phi) is 3.74. The lowest BCUT2D eigenvalue weighted by Gasteiger charge is -2.10. The number of nitrogens with zero attached hydrogens (tertiary/aromatic N) is 1. The molecular weight excluding hydrogens is 377 g/mol. The number of aromatic nitrogens is 1. The third-order valence-corrected chi connectivity index (χ3v) is 3.87. The van der Waals surface area contributed by atoms with Crippen LogP contribution in [0.25, 0.3) is 10.9 Å². The lowest BCUT2D eigenvalue weighted by Crippen LogP contribution is -2.12. The number of hydrogen-bond acceptors (Lipinski definition) is 3. The zero-order valence-corrected chi connectivity index (χ0v) is 13.2. The highest BCUT2D eigenvalue weighted by Crippen LogP contribution is 2.26. The number of nitrogens with one attached hydrogen (secondary N) is 1. The minimum absolute atomic E-state index is 0.152. The Morgan fingerprint density at radius 1 is 1.10 bits per heavy atom. The van der Waals surface area contributed by atoms with Gasteiger partial charge in [-0.05, 0) is 71.1 Å².